The zero-order valence-corrected chi connectivity index (χ0v) is 14.6. The molecule has 0 saturated heterocycles. The summed E-state index contributed by atoms with van der Waals surface area (Å²) in [7, 11) is 1.59. The predicted molar refractivity (Wildman–Crippen MR) is 94.2 cm³/mol. The molecule has 0 aromatic heterocycles. The maximum atomic E-state index is 11.8. The van der Waals surface area contributed by atoms with Crippen molar-refractivity contribution in [1.82, 2.24) is 0 Å². The average molecular weight is 328 g/mol. The average Bonchev–Trinajstić information content (AvgIpc) is 2.55. The van der Waals surface area contributed by atoms with Crippen LogP contribution in [-0.4, -0.2) is 24.8 Å². The summed E-state index contributed by atoms with van der Waals surface area (Å²) >= 11 is 0. The molecule has 2 rings (SSSR count). The molecule has 1 unspecified atom stereocenters. The van der Waals surface area contributed by atoms with Gasteiger partial charge in [-0.15, -0.1) is 0 Å². The van der Waals surface area contributed by atoms with E-state index in [2.05, 4.69) is 0 Å². The summed E-state index contributed by atoms with van der Waals surface area (Å²) in [6.45, 7) is 6.45. The van der Waals surface area contributed by atoms with Crippen molar-refractivity contribution < 1.29 is 19.4 Å². The zero-order chi connectivity index (χ0) is 17.7. The second-order valence-corrected chi connectivity index (χ2v) is 5.86. The van der Waals surface area contributed by atoms with Gasteiger partial charge in [0.2, 0.25) is 0 Å². The van der Waals surface area contributed by atoms with Crippen LogP contribution in [0.4, 0.5) is 0 Å². The lowest BCUT2D eigenvalue weighted by Gasteiger charge is -2.16. The van der Waals surface area contributed by atoms with E-state index in [9.17, 15) is 9.90 Å². The molecule has 0 spiro atoms. The van der Waals surface area contributed by atoms with Gasteiger partial charge in [-0.1, -0.05) is 24.3 Å². The van der Waals surface area contributed by atoms with Crippen LogP contribution < -0.4 is 9.47 Å². The highest BCUT2D eigenvalue weighted by Crippen LogP contribution is 2.31. The predicted octanol–water partition coefficient (Wildman–Crippen LogP) is 4.12. The van der Waals surface area contributed by atoms with E-state index in [1.807, 2.05) is 57.2 Å². The van der Waals surface area contributed by atoms with Crippen LogP contribution in [0.25, 0.3) is 0 Å². The van der Waals surface area contributed by atoms with Crippen molar-refractivity contribution in [2.24, 2.45) is 0 Å². The fourth-order valence-electron chi connectivity index (χ4n) is 2.68. The lowest BCUT2D eigenvalue weighted by atomic mass is 9.90. The highest BCUT2D eigenvalue weighted by Gasteiger charge is 2.21. The molecule has 128 valence electrons. The third-order valence-electron chi connectivity index (χ3n) is 4.20. The molecule has 0 fully saturated rings. The summed E-state index contributed by atoms with van der Waals surface area (Å²) in [5, 5.41) is 9.67. The van der Waals surface area contributed by atoms with Crippen LogP contribution >= 0.6 is 0 Å². The lowest BCUT2D eigenvalue weighted by Crippen LogP contribution is -2.15. The number of aryl methyl sites for hydroxylation is 2. The van der Waals surface area contributed by atoms with Gasteiger partial charge in [-0.05, 0) is 61.6 Å². The molecular weight excluding hydrogens is 304 g/mol. The Morgan fingerprint density at radius 1 is 1.08 bits per heavy atom. The first-order valence-corrected chi connectivity index (χ1v) is 8.06. The van der Waals surface area contributed by atoms with Gasteiger partial charge in [-0.3, -0.25) is 4.79 Å². The molecule has 0 aliphatic carbocycles. The van der Waals surface area contributed by atoms with Crippen LogP contribution in [-0.2, 0) is 11.2 Å². The fourth-order valence-corrected chi connectivity index (χ4v) is 2.68. The number of hydrogen-bond donors (Lipinski definition) is 1. The molecule has 4 heteroatoms. The molecule has 0 amide bonds. The molecule has 4 nitrogen and oxygen atoms in total. The monoisotopic (exact) mass is 328 g/mol. The molecule has 0 bridgehead atoms. The Kier molecular flexibility index (Phi) is 5.85. The summed E-state index contributed by atoms with van der Waals surface area (Å²) in [6, 6.07) is 11.4. The van der Waals surface area contributed by atoms with E-state index in [-0.39, 0.29) is 0 Å². The van der Waals surface area contributed by atoms with Gasteiger partial charge in [0.05, 0.1) is 19.6 Å². The quantitative estimate of drug-likeness (QED) is 0.830. The van der Waals surface area contributed by atoms with E-state index < -0.39 is 11.9 Å². The van der Waals surface area contributed by atoms with Gasteiger partial charge in [0.25, 0.3) is 0 Å². The number of benzene rings is 2. The van der Waals surface area contributed by atoms with Crippen LogP contribution in [0, 0.1) is 13.8 Å². The minimum Gasteiger partial charge on any atom is -0.493 e. The van der Waals surface area contributed by atoms with Gasteiger partial charge in [0, 0.05) is 0 Å². The summed E-state index contributed by atoms with van der Waals surface area (Å²) in [5.74, 6) is -0.125. The van der Waals surface area contributed by atoms with E-state index in [1.54, 1.807) is 7.11 Å². The van der Waals surface area contributed by atoms with Crippen molar-refractivity contribution in [2.75, 3.05) is 13.7 Å². The van der Waals surface area contributed by atoms with Gasteiger partial charge in [-0.25, -0.2) is 0 Å². The lowest BCUT2D eigenvalue weighted by molar-refractivity contribution is -0.138. The molecule has 0 radical (unpaired) electrons. The highest BCUT2D eigenvalue weighted by molar-refractivity contribution is 5.76. The van der Waals surface area contributed by atoms with Crippen molar-refractivity contribution >= 4 is 5.97 Å². The van der Waals surface area contributed by atoms with Crippen molar-refractivity contribution in [2.45, 2.75) is 33.1 Å². The second-order valence-electron chi connectivity index (χ2n) is 5.86. The Morgan fingerprint density at radius 2 is 1.83 bits per heavy atom. The number of aliphatic carboxylic acids is 1. The van der Waals surface area contributed by atoms with Crippen LogP contribution in [0.5, 0.6) is 11.5 Å². The first kappa shape index (κ1) is 17.9. The van der Waals surface area contributed by atoms with E-state index in [0.717, 1.165) is 22.3 Å². The third-order valence-corrected chi connectivity index (χ3v) is 4.20. The number of methoxy groups -OCH3 is 1. The van der Waals surface area contributed by atoms with Crippen molar-refractivity contribution in [3.63, 3.8) is 0 Å². The minimum atomic E-state index is -0.827. The molecule has 1 atom stereocenters. The zero-order valence-electron chi connectivity index (χ0n) is 14.6. The van der Waals surface area contributed by atoms with Crippen LogP contribution in [0.3, 0.4) is 0 Å². The van der Waals surface area contributed by atoms with Crippen molar-refractivity contribution in [1.29, 1.82) is 0 Å². The molecule has 0 aliphatic rings. The third kappa shape index (κ3) is 4.07. The largest absolute Gasteiger partial charge is 0.493 e. The second kappa shape index (κ2) is 7.86. The van der Waals surface area contributed by atoms with E-state index in [0.29, 0.717) is 24.5 Å². The molecule has 2 aromatic carbocycles. The van der Waals surface area contributed by atoms with Crippen LogP contribution in [0.15, 0.2) is 36.4 Å². The number of carbonyl (C=O) groups is 1. The molecule has 0 heterocycles. The first-order chi connectivity index (χ1) is 11.5. The Hall–Kier alpha value is -2.49. The number of carboxylic acid groups (broad SMARTS) is 1. The normalized spacial score (nSPS) is 11.8. The van der Waals surface area contributed by atoms with E-state index >= 15 is 0 Å². The van der Waals surface area contributed by atoms with Gasteiger partial charge in [-0.2, -0.15) is 0 Å². The van der Waals surface area contributed by atoms with Gasteiger partial charge < -0.3 is 14.6 Å². The molecule has 24 heavy (non-hydrogen) atoms. The van der Waals surface area contributed by atoms with Crippen molar-refractivity contribution in [3.8, 4) is 11.5 Å². The Morgan fingerprint density at radius 3 is 2.42 bits per heavy atom. The van der Waals surface area contributed by atoms with E-state index in [1.165, 1.54) is 0 Å². The number of rotatable bonds is 7. The van der Waals surface area contributed by atoms with Gasteiger partial charge >= 0.3 is 5.97 Å². The minimum absolute atomic E-state index is 0.405. The van der Waals surface area contributed by atoms with Gasteiger partial charge in [0.15, 0.2) is 11.5 Å². The summed E-state index contributed by atoms with van der Waals surface area (Å²) < 4.78 is 10.9. The molecular formula is C20H24O4. The summed E-state index contributed by atoms with van der Waals surface area (Å²) in [6.07, 6.45) is 0.405. The molecule has 0 saturated carbocycles. The molecule has 0 aliphatic heterocycles. The Labute approximate surface area is 143 Å². The Bertz CT molecular complexity index is 722. The maximum Gasteiger partial charge on any atom is 0.311 e. The number of ether oxygens (including phenoxy) is 2. The number of hydrogen-bond acceptors (Lipinski definition) is 3. The Balaban J connectivity index is 2.32. The summed E-state index contributed by atoms with van der Waals surface area (Å²) in [4.78, 5) is 11.8. The number of carboxylic acids is 1. The fraction of sp³-hybridized carbons (Fsp3) is 0.350. The van der Waals surface area contributed by atoms with Gasteiger partial charge in [0.1, 0.15) is 0 Å². The van der Waals surface area contributed by atoms with Crippen molar-refractivity contribution in [3.05, 3.63) is 58.7 Å². The smallest absolute Gasteiger partial charge is 0.311 e. The summed E-state index contributed by atoms with van der Waals surface area (Å²) in [5.41, 5.74) is 3.98. The first-order valence-electron chi connectivity index (χ1n) is 8.06. The standard InChI is InChI=1S/C20H24O4/c1-5-24-19-12-15(7-9-18(19)23-4)11-17(20(21)22)16-8-6-13(2)14(3)10-16/h6-10,12,17H,5,11H2,1-4H3,(H,21,22). The molecule has 1 N–H and O–H groups in total. The highest BCUT2D eigenvalue weighted by atomic mass is 16.5. The topological polar surface area (TPSA) is 55.8 Å². The molecule has 2 aromatic rings. The van der Waals surface area contributed by atoms with Crippen LogP contribution in [0.1, 0.15) is 35.1 Å². The SMILES string of the molecule is CCOc1cc(CC(C(=O)O)c2ccc(C)c(C)c2)ccc1OC. The van der Waals surface area contributed by atoms with E-state index in [4.69, 9.17) is 9.47 Å². The maximum absolute atomic E-state index is 11.8. The van der Waals surface area contributed by atoms with Crippen LogP contribution in [0.2, 0.25) is 0 Å².